The number of rotatable bonds is 5. The summed E-state index contributed by atoms with van der Waals surface area (Å²) >= 11 is 1.34. The van der Waals surface area contributed by atoms with E-state index in [1.807, 2.05) is 31.2 Å². The minimum atomic E-state index is -0.717. The molecule has 2 rings (SSSR count). The third-order valence-electron chi connectivity index (χ3n) is 3.34. The van der Waals surface area contributed by atoms with Gasteiger partial charge in [0.15, 0.2) is 5.17 Å². The van der Waals surface area contributed by atoms with Crippen LogP contribution in [0.1, 0.15) is 24.2 Å². The van der Waals surface area contributed by atoms with Crippen molar-refractivity contribution in [3.8, 4) is 0 Å². The van der Waals surface area contributed by atoms with Crippen LogP contribution < -0.4 is 0 Å². The number of ether oxygens (including phenoxy) is 1. The molecule has 0 radical (unpaired) electrons. The summed E-state index contributed by atoms with van der Waals surface area (Å²) in [6, 6.07) is 7.64. The Morgan fingerprint density at radius 3 is 2.82 bits per heavy atom. The molecule has 0 aromatic heterocycles. The summed E-state index contributed by atoms with van der Waals surface area (Å²) < 4.78 is 4.91. The van der Waals surface area contributed by atoms with E-state index < -0.39 is 12.1 Å². The zero-order chi connectivity index (χ0) is 16.1. The highest BCUT2D eigenvalue weighted by Gasteiger charge is 2.27. The third kappa shape index (κ3) is 4.11. The predicted molar refractivity (Wildman–Crippen MR) is 87.7 cm³/mol. The molecule has 1 unspecified atom stereocenters. The Bertz CT molecular complexity index is 584. The Morgan fingerprint density at radius 1 is 1.50 bits per heavy atom. The van der Waals surface area contributed by atoms with Gasteiger partial charge in [-0.1, -0.05) is 41.6 Å². The van der Waals surface area contributed by atoms with Gasteiger partial charge in [0, 0.05) is 17.5 Å². The fourth-order valence-electron chi connectivity index (χ4n) is 2.14. The maximum atomic E-state index is 11.6. The highest BCUT2D eigenvalue weighted by Crippen LogP contribution is 2.28. The molecule has 1 atom stereocenters. The maximum absolute atomic E-state index is 11.6. The molecule has 0 saturated carbocycles. The first-order valence-electron chi connectivity index (χ1n) is 7.12. The molecule has 0 spiro atoms. The molecular weight excluding hydrogens is 300 g/mol. The van der Waals surface area contributed by atoms with Gasteiger partial charge in [0.25, 0.3) is 0 Å². The topological polar surface area (TPSA) is 73.6 Å². The summed E-state index contributed by atoms with van der Waals surface area (Å²) in [7, 11) is 0. The van der Waals surface area contributed by atoms with Crippen molar-refractivity contribution >= 4 is 22.9 Å². The predicted octanol–water partition coefficient (Wildman–Crippen LogP) is 2.46. The zero-order valence-corrected chi connectivity index (χ0v) is 13.5. The Balaban J connectivity index is 2.09. The molecule has 1 aliphatic rings. The van der Waals surface area contributed by atoms with Crippen LogP contribution in [0.25, 0.3) is 0 Å². The number of hydrogen-bond donors (Lipinski definition) is 2. The standard InChI is InChI=1S/C16H20N2O3S/c1-3-21-15(20)8-13-10-22-16(17)18(13)9-14(19)12-6-4-11(2)5-7-12/h4-8,14,17,19H,3,9-10H2,1-2H3/b13-8+,17-16?. The molecule has 1 aliphatic heterocycles. The van der Waals surface area contributed by atoms with Crippen molar-refractivity contribution in [1.29, 1.82) is 5.41 Å². The smallest absolute Gasteiger partial charge is 0.332 e. The van der Waals surface area contributed by atoms with Crippen LogP contribution in [0.5, 0.6) is 0 Å². The number of hydrogen-bond acceptors (Lipinski definition) is 5. The number of aliphatic hydroxyl groups is 1. The second-order valence-electron chi connectivity index (χ2n) is 5.02. The number of thioether (sulfide) groups is 1. The van der Waals surface area contributed by atoms with E-state index in [1.165, 1.54) is 17.8 Å². The zero-order valence-electron chi connectivity index (χ0n) is 12.7. The van der Waals surface area contributed by atoms with E-state index in [0.29, 0.717) is 23.2 Å². The maximum Gasteiger partial charge on any atom is 0.332 e. The lowest BCUT2D eigenvalue weighted by Crippen LogP contribution is -2.28. The van der Waals surface area contributed by atoms with E-state index in [1.54, 1.807) is 11.8 Å². The first kappa shape index (κ1) is 16.6. The quantitative estimate of drug-likeness (QED) is 0.644. The van der Waals surface area contributed by atoms with Crippen LogP contribution in [0.4, 0.5) is 0 Å². The SMILES string of the molecule is CCOC(=O)/C=C1\CSC(=N)N1CC(O)c1ccc(C)cc1. The van der Waals surface area contributed by atoms with Gasteiger partial charge < -0.3 is 14.7 Å². The van der Waals surface area contributed by atoms with Crippen LogP contribution in [0.15, 0.2) is 36.0 Å². The minimum absolute atomic E-state index is 0.250. The van der Waals surface area contributed by atoms with Gasteiger partial charge in [-0.05, 0) is 19.4 Å². The molecule has 0 aliphatic carbocycles. The molecule has 22 heavy (non-hydrogen) atoms. The van der Waals surface area contributed by atoms with Crippen molar-refractivity contribution in [1.82, 2.24) is 4.90 Å². The molecule has 1 aromatic carbocycles. The molecule has 118 valence electrons. The van der Waals surface area contributed by atoms with Gasteiger partial charge >= 0.3 is 5.97 Å². The molecule has 1 fully saturated rings. The minimum Gasteiger partial charge on any atom is -0.463 e. The molecule has 5 nitrogen and oxygen atoms in total. The van der Waals surface area contributed by atoms with Gasteiger partial charge in [0.2, 0.25) is 0 Å². The van der Waals surface area contributed by atoms with E-state index in [0.717, 1.165) is 11.1 Å². The van der Waals surface area contributed by atoms with E-state index >= 15 is 0 Å². The number of benzene rings is 1. The van der Waals surface area contributed by atoms with Crippen molar-refractivity contribution in [2.45, 2.75) is 20.0 Å². The number of nitrogens with one attached hydrogen (secondary N) is 1. The average molecular weight is 320 g/mol. The van der Waals surface area contributed by atoms with E-state index in [4.69, 9.17) is 10.1 Å². The highest BCUT2D eigenvalue weighted by atomic mass is 32.2. The van der Waals surface area contributed by atoms with Crippen LogP contribution in [0.2, 0.25) is 0 Å². The van der Waals surface area contributed by atoms with E-state index in [9.17, 15) is 9.90 Å². The Kier molecular flexibility index (Phi) is 5.63. The number of carbonyl (C=O) groups excluding carboxylic acids is 1. The first-order chi connectivity index (χ1) is 10.5. The first-order valence-corrected chi connectivity index (χ1v) is 8.10. The number of amidine groups is 1. The summed E-state index contributed by atoms with van der Waals surface area (Å²) in [5.41, 5.74) is 2.62. The van der Waals surface area contributed by atoms with Gasteiger partial charge in [-0.3, -0.25) is 5.41 Å². The fourth-order valence-corrected chi connectivity index (χ4v) is 3.01. The number of aliphatic hydroxyl groups excluding tert-OH is 1. The molecule has 2 N–H and O–H groups in total. The summed E-state index contributed by atoms with van der Waals surface area (Å²) in [6.45, 7) is 4.31. The van der Waals surface area contributed by atoms with Crippen molar-refractivity contribution in [2.24, 2.45) is 0 Å². The average Bonchev–Trinajstić information content (AvgIpc) is 2.81. The molecule has 6 heteroatoms. The summed E-state index contributed by atoms with van der Waals surface area (Å²) in [6.07, 6.45) is 0.685. The van der Waals surface area contributed by atoms with Crippen LogP contribution in [-0.4, -0.2) is 40.0 Å². The summed E-state index contributed by atoms with van der Waals surface area (Å²) in [5, 5.41) is 18.6. The Morgan fingerprint density at radius 2 is 2.18 bits per heavy atom. The van der Waals surface area contributed by atoms with Crippen molar-refractivity contribution in [3.05, 3.63) is 47.2 Å². The summed E-state index contributed by atoms with van der Waals surface area (Å²) in [5.74, 6) is 0.126. The van der Waals surface area contributed by atoms with Gasteiger partial charge in [-0.15, -0.1) is 0 Å². The Hall–Kier alpha value is -1.79. The Labute approximate surface area is 134 Å². The highest BCUT2D eigenvalue weighted by molar-refractivity contribution is 8.14. The molecule has 0 amide bonds. The molecule has 1 saturated heterocycles. The normalized spacial score (nSPS) is 17.9. The second-order valence-corrected chi connectivity index (χ2v) is 5.98. The molecular formula is C16H20N2O3S. The third-order valence-corrected chi connectivity index (χ3v) is 4.27. The van der Waals surface area contributed by atoms with Crippen LogP contribution in [-0.2, 0) is 9.53 Å². The van der Waals surface area contributed by atoms with Crippen LogP contribution in [0, 0.1) is 12.3 Å². The summed E-state index contributed by atoms with van der Waals surface area (Å²) in [4.78, 5) is 13.2. The number of carbonyl (C=O) groups is 1. The lowest BCUT2D eigenvalue weighted by molar-refractivity contribution is -0.137. The van der Waals surface area contributed by atoms with Crippen LogP contribution >= 0.6 is 11.8 Å². The van der Waals surface area contributed by atoms with Gasteiger partial charge in [-0.2, -0.15) is 0 Å². The second kappa shape index (κ2) is 7.47. The van der Waals surface area contributed by atoms with Gasteiger partial charge in [0.1, 0.15) is 0 Å². The molecule has 1 aromatic rings. The lowest BCUT2D eigenvalue weighted by Gasteiger charge is -2.22. The lowest BCUT2D eigenvalue weighted by atomic mass is 10.1. The number of aryl methyl sites for hydroxylation is 1. The number of nitrogens with zero attached hydrogens (tertiary/aromatic N) is 1. The van der Waals surface area contributed by atoms with E-state index in [2.05, 4.69) is 0 Å². The van der Waals surface area contributed by atoms with Crippen molar-refractivity contribution in [3.63, 3.8) is 0 Å². The molecule has 0 bridgehead atoms. The number of β-amino-alcohol motifs (C(OH)–C–C–N with tert-alkyl or cyclic N) is 1. The van der Waals surface area contributed by atoms with Gasteiger partial charge in [0.05, 0.1) is 19.3 Å². The van der Waals surface area contributed by atoms with E-state index in [-0.39, 0.29) is 6.54 Å². The van der Waals surface area contributed by atoms with Crippen molar-refractivity contribution in [2.75, 3.05) is 18.9 Å². The molecule has 1 heterocycles. The van der Waals surface area contributed by atoms with Crippen LogP contribution in [0.3, 0.4) is 0 Å². The van der Waals surface area contributed by atoms with Crippen molar-refractivity contribution < 1.29 is 14.6 Å². The largest absolute Gasteiger partial charge is 0.463 e. The number of esters is 1. The monoisotopic (exact) mass is 320 g/mol. The van der Waals surface area contributed by atoms with Gasteiger partial charge in [-0.25, -0.2) is 4.79 Å². The fraction of sp³-hybridized carbons (Fsp3) is 0.375.